The minimum absolute atomic E-state index is 0.0391. The second kappa shape index (κ2) is 10.5. The van der Waals surface area contributed by atoms with Crippen LogP contribution >= 0.6 is 11.3 Å². The summed E-state index contributed by atoms with van der Waals surface area (Å²) in [6, 6.07) is 3.90. The first kappa shape index (κ1) is 26.0. The van der Waals surface area contributed by atoms with Crippen LogP contribution in [0.15, 0.2) is 18.5 Å². The Bertz CT molecular complexity index is 1290. The molecule has 2 atom stereocenters. The van der Waals surface area contributed by atoms with Gasteiger partial charge in [-0.05, 0) is 52.8 Å². The summed E-state index contributed by atoms with van der Waals surface area (Å²) >= 11 is 1.67. The average Bonchev–Trinajstić information content (AvgIpc) is 3.22. The third-order valence-corrected chi connectivity index (χ3v) is 7.88. The minimum Gasteiger partial charge on any atom is -0.489 e. The molecule has 2 unspecified atom stereocenters. The van der Waals surface area contributed by atoms with Crippen molar-refractivity contribution in [2.24, 2.45) is 0 Å². The first-order chi connectivity index (χ1) is 17.1. The lowest BCUT2D eigenvalue weighted by Gasteiger charge is -2.29. The molecule has 1 aliphatic carbocycles. The lowest BCUT2D eigenvalue weighted by Crippen LogP contribution is -2.48. The Labute approximate surface area is 216 Å². The number of anilines is 3. The molecule has 0 saturated heterocycles. The minimum atomic E-state index is -0.740. The van der Waals surface area contributed by atoms with Gasteiger partial charge in [0.25, 0.3) is 0 Å². The number of nitrogens with two attached hydrogens (primary N) is 1. The number of aliphatic hydroxyl groups is 1. The van der Waals surface area contributed by atoms with E-state index >= 15 is 0 Å². The maximum absolute atomic E-state index is 10.8. The van der Waals surface area contributed by atoms with E-state index in [1.165, 1.54) is 16.7 Å². The molecule has 192 valence electrons. The van der Waals surface area contributed by atoms with E-state index < -0.39 is 6.35 Å². The number of thiophene rings is 1. The van der Waals surface area contributed by atoms with E-state index in [1.54, 1.807) is 23.7 Å². The molecule has 36 heavy (non-hydrogen) atoms. The van der Waals surface area contributed by atoms with E-state index in [9.17, 15) is 5.11 Å². The van der Waals surface area contributed by atoms with Crippen LogP contribution in [-0.4, -0.2) is 69.1 Å². The fourth-order valence-electron chi connectivity index (χ4n) is 4.47. The molecule has 0 amide bonds. The maximum atomic E-state index is 10.8. The van der Waals surface area contributed by atoms with Crippen molar-refractivity contribution in [2.45, 2.75) is 71.5 Å². The van der Waals surface area contributed by atoms with Gasteiger partial charge in [-0.15, -0.1) is 11.3 Å². The fourth-order valence-corrected chi connectivity index (χ4v) is 5.73. The predicted octanol–water partition coefficient (Wildman–Crippen LogP) is 3.99. The van der Waals surface area contributed by atoms with E-state index in [4.69, 9.17) is 15.9 Å². The van der Waals surface area contributed by atoms with Gasteiger partial charge in [0.1, 0.15) is 29.4 Å². The van der Waals surface area contributed by atoms with Gasteiger partial charge in [-0.25, -0.2) is 14.9 Å². The largest absolute Gasteiger partial charge is 0.489 e. The van der Waals surface area contributed by atoms with Crippen molar-refractivity contribution >= 4 is 51.7 Å². The number of nitrogen functional groups attached to an aromatic ring is 1. The molecule has 0 radical (unpaired) electrons. The molecule has 10 heteroatoms. The first-order valence-corrected chi connectivity index (χ1v) is 13.0. The van der Waals surface area contributed by atoms with Crippen LogP contribution in [0.25, 0.3) is 10.2 Å². The van der Waals surface area contributed by atoms with Crippen molar-refractivity contribution in [3.63, 3.8) is 0 Å². The number of hydrogen-bond acceptors (Lipinski definition) is 9. The second-order valence-corrected chi connectivity index (χ2v) is 10.9. The van der Waals surface area contributed by atoms with Crippen LogP contribution in [0.5, 0.6) is 5.75 Å². The number of aromatic nitrogens is 2. The number of aliphatic hydroxyl groups excluding tert-OH is 1. The Kier molecular flexibility index (Phi) is 7.58. The zero-order valence-corrected chi connectivity index (χ0v) is 22.4. The summed E-state index contributed by atoms with van der Waals surface area (Å²) < 4.78 is 7.82. The molecule has 4 rings (SSSR count). The Hall–Kier alpha value is -3.08. The summed E-state index contributed by atoms with van der Waals surface area (Å²) in [5, 5.41) is 22.9. The van der Waals surface area contributed by atoms with Crippen LogP contribution in [0.1, 0.15) is 50.1 Å². The van der Waals surface area contributed by atoms with Gasteiger partial charge in [-0.3, -0.25) is 0 Å². The molecule has 9 nitrogen and oxygen atoms in total. The van der Waals surface area contributed by atoms with E-state index in [0.717, 1.165) is 29.5 Å². The van der Waals surface area contributed by atoms with E-state index in [-0.39, 0.29) is 18.2 Å². The number of fused-ring (bicyclic) bond motifs is 3. The third kappa shape index (κ3) is 5.07. The van der Waals surface area contributed by atoms with Gasteiger partial charge in [-0.2, -0.15) is 4.58 Å². The van der Waals surface area contributed by atoms with Gasteiger partial charge in [0.15, 0.2) is 6.04 Å². The number of benzene rings is 1. The molecular formula is C26H36N7O2S+. The molecule has 0 fully saturated rings. The summed E-state index contributed by atoms with van der Waals surface area (Å²) in [7, 11) is 1.91. The normalized spacial score (nSPS) is 16.4. The zero-order chi connectivity index (χ0) is 26.1. The van der Waals surface area contributed by atoms with Gasteiger partial charge >= 0.3 is 6.35 Å². The number of nitrogens with zero attached hydrogens (tertiary/aromatic N) is 4. The van der Waals surface area contributed by atoms with Crippen molar-refractivity contribution < 1.29 is 14.4 Å². The molecule has 3 aromatic rings. The number of aryl methyl sites for hydroxylation is 1. The number of ether oxygens (including phenoxy) is 1. The Morgan fingerprint density at radius 3 is 2.75 bits per heavy atom. The zero-order valence-electron chi connectivity index (χ0n) is 21.6. The van der Waals surface area contributed by atoms with Crippen LogP contribution < -0.4 is 15.8 Å². The summed E-state index contributed by atoms with van der Waals surface area (Å²) in [5.41, 5.74) is 9.15. The summed E-state index contributed by atoms with van der Waals surface area (Å²) in [4.78, 5) is 13.2. The van der Waals surface area contributed by atoms with E-state index in [2.05, 4.69) is 35.8 Å². The summed E-state index contributed by atoms with van der Waals surface area (Å²) in [6.45, 7) is 12.2. The van der Waals surface area contributed by atoms with Gasteiger partial charge in [0.2, 0.25) is 0 Å². The highest BCUT2D eigenvalue weighted by Crippen LogP contribution is 2.41. The van der Waals surface area contributed by atoms with E-state index in [0.29, 0.717) is 28.5 Å². The highest BCUT2D eigenvalue weighted by molar-refractivity contribution is 7.19. The second-order valence-electron chi connectivity index (χ2n) is 9.84. The van der Waals surface area contributed by atoms with Gasteiger partial charge in [-0.1, -0.05) is 0 Å². The summed E-state index contributed by atoms with van der Waals surface area (Å²) in [6.07, 6.45) is 4.53. The lowest BCUT2D eigenvalue weighted by atomic mass is 9.92. The van der Waals surface area contributed by atoms with Gasteiger partial charge in [0, 0.05) is 47.3 Å². The molecule has 1 aromatic carbocycles. The molecule has 1 aliphatic rings. The van der Waals surface area contributed by atoms with Crippen LogP contribution in [0.2, 0.25) is 0 Å². The lowest BCUT2D eigenvalue weighted by molar-refractivity contribution is -0.659. The molecule has 2 heterocycles. The molecular weight excluding hydrogens is 474 g/mol. The highest BCUT2D eigenvalue weighted by atomic mass is 32.1. The quantitative estimate of drug-likeness (QED) is 0.149. The smallest absolute Gasteiger partial charge is 0.318 e. The fraction of sp³-hybridized carbons (Fsp3) is 0.462. The van der Waals surface area contributed by atoms with Crippen molar-refractivity contribution in [1.29, 1.82) is 5.41 Å². The van der Waals surface area contributed by atoms with Gasteiger partial charge in [0.05, 0.1) is 17.2 Å². The van der Waals surface area contributed by atoms with Crippen molar-refractivity contribution in [2.75, 3.05) is 18.1 Å². The third-order valence-electron chi connectivity index (χ3n) is 6.72. The highest BCUT2D eigenvalue weighted by Gasteiger charge is 2.35. The van der Waals surface area contributed by atoms with Crippen LogP contribution in [0.3, 0.4) is 0 Å². The van der Waals surface area contributed by atoms with E-state index in [1.807, 2.05) is 36.4 Å². The van der Waals surface area contributed by atoms with Crippen LogP contribution in [0, 0.1) is 5.41 Å². The van der Waals surface area contributed by atoms with Crippen LogP contribution in [0.4, 0.5) is 17.2 Å². The predicted molar refractivity (Wildman–Crippen MR) is 147 cm³/mol. The Morgan fingerprint density at radius 2 is 2.08 bits per heavy atom. The van der Waals surface area contributed by atoms with Crippen molar-refractivity contribution in [3.8, 4) is 5.75 Å². The monoisotopic (exact) mass is 510 g/mol. The topological polar surface area (TPSA) is 123 Å². The average molecular weight is 511 g/mol. The standard InChI is InChI=1S/C26H36N7O2S/c1-14(2)32(5)26(34)33(6)17-7-8-18-22(10-17)36-25-23(18)24(29-13-30-25)31-20-9-16(12-27)19(28)11-21(20)35-15(3)4/h9,11-15,17,26-27,34H,6-8,10,28H2,1-5H3,(H,29,30,31)/q+1. The molecule has 2 aromatic heterocycles. The van der Waals surface area contributed by atoms with Crippen molar-refractivity contribution in [1.82, 2.24) is 14.9 Å². The van der Waals surface area contributed by atoms with Crippen LogP contribution in [-0.2, 0) is 12.8 Å². The molecule has 0 saturated carbocycles. The molecule has 0 spiro atoms. The number of nitrogens with one attached hydrogen (secondary N) is 2. The van der Waals surface area contributed by atoms with Crippen molar-refractivity contribution in [3.05, 3.63) is 34.5 Å². The first-order valence-electron chi connectivity index (χ1n) is 12.2. The Balaban J connectivity index is 1.67. The summed E-state index contributed by atoms with van der Waals surface area (Å²) in [5.74, 6) is 1.32. The number of hydrogen-bond donors (Lipinski definition) is 4. The maximum Gasteiger partial charge on any atom is 0.318 e. The molecule has 0 bridgehead atoms. The Morgan fingerprint density at radius 1 is 1.33 bits per heavy atom. The SMILES string of the molecule is C=[N+](C1CCc2c(sc3ncnc(Nc4cc(C=N)c(N)cc4OC(C)C)c23)C1)C(O)N(C)C(C)C. The van der Waals surface area contributed by atoms with Gasteiger partial charge < -0.3 is 26.3 Å². The molecule has 5 N–H and O–H groups in total. The molecule has 0 aliphatic heterocycles. The number of rotatable bonds is 9.